The molecule has 3 amide bonds. The number of carbonyl (C=O) groups excluding carboxylic acids is 3. The van der Waals surface area contributed by atoms with Crippen LogP contribution >= 0.6 is 11.6 Å². The molecule has 4 N–H and O–H groups in total. The van der Waals surface area contributed by atoms with Crippen LogP contribution in [0.25, 0.3) is 0 Å². The first-order valence-corrected chi connectivity index (χ1v) is 5.97. The average molecular weight is 282 g/mol. The Morgan fingerprint density at radius 3 is 2.53 bits per heavy atom. The third-order valence-corrected chi connectivity index (χ3v) is 3.38. The molecule has 1 aromatic rings. The number of anilines is 1. The van der Waals surface area contributed by atoms with Crippen LogP contribution < -0.4 is 16.4 Å². The maximum Gasteiger partial charge on any atom is 0.250 e. The highest BCUT2D eigenvalue weighted by Crippen LogP contribution is 2.28. The van der Waals surface area contributed by atoms with E-state index in [2.05, 4.69) is 0 Å². The summed E-state index contributed by atoms with van der Waals surface area (Å²) in [7, 11) is 0. The molecule has 1 fully saturated rings. The van der Waals surface area contributed by atoms with Gasteiger partial charge in [0.25, 0.3) is 0 Å². The van der Waals surface area contributed by atoms with Gasteiger partial charge in [0.1, 0.15) is 0 Å². The van der Waals surface area contributed by atoms with Gasteiger partial charge in [0, 0.05) is 18.7 Å². The predicted octanol–water partition coefficient (Wildman–Crippen LogP) is 0.277. The maximum atomic E-state index is 11.8. The standard InChI is InChI=1S/C12H12ClN3O3/c13-9-2-1-7(4-8(9)12(15)19)16-5-6(11(14)18)3-10(16)17/h1-2,4,6H,3,5H2,(H2,14,18)(H2,15,19)/t6-/m1/s1. The summed E-state index contributed by atoms with van der Waals surface area (Å²) < 4.78 is 0. The first-order valence-electron chi connectivity index (χ1n) is 5.59. The van der Waals surface area contributed by atoms with E-state index in [-0.39, 0.29) is 29.5 Å². The summed E-state index contributed by atoms with van der Waals surface area (Å²) >= 11 is 5.84. The fourth-order valence-corrected chi connectivity index (χ4v) is 2.23. The van der Waals surface area contributed by atoms with Gasteiger partial charge in [-0.3, -0.25) is 14.4 Å². The Labute approximate surface area is 114 Å². The van der Waals surface area contributed by atoms with Crippen LogP contribution in [0.2, 0.25) is 5.02 Å². The molecular formula is C12H12ClN3O3. The molecule has 0 radical (unpaired) electrons. The van der Waals surface area contributed by atoms with Gasteiger partial charge in [-0.1, -0.05) is 11.6 Å². The smallest absolute Gasteiger partial charge is 0.250 e. The Bertz CT molecular complexity index is 573. The Hall–Kier alpha value is -2.08. The molecule has 2 rings (SSSR count). The van der Waals surface area contributed by atoms with E-state index in [9.17, 15) is 14.4 Å². The van der Waals surface area contributed by atoms with Crippen LogP contribution in [0.1, 0.15) is 16.8 Å². The van der Waals surface area contributed by atoms with Crippen LogP contribution in [-0.2, 0) is 9.59 Å². The minimum Gasteiger partial charge on any atom is -0.369 e. The normalized spacial score (nSPS) is 18.7. The van der Waals surface area contributed by atoms with E-state index in [1.165, 1.54) is 17.0 Å². The van der Waals surface area contributed by atoms with Crippen molar-refractivity contribution in [3.8, 4) is 0 Å². The van der Waals surface area contributed by atoms with Crippen LogP contribution in [0.3, 0.4) is 0 Å². The van der Waals surface area contributed by atoms with E-state index < -0.39 is 17.7 Å². The van der Waals surface area contributed by atoms with Crippen molar-refractivity contribution in [3.63, 3.8) is 0 Å². The average Bonchev–Trinajstić information content (AvgIpc) is 2.72. The molecule has 0 aromatic heterocycles. The molecule has 0 saturated carbocycles. The van der Waals surface area contributed by atoms with E-state index in [4.69, 9.17) is 23.1 Å². The zero-order valence-electron chi connectivity index (χ0n) is 9.93. The summed E-state index contributed by atoms with van der Waals surface area (Å²) in [4.78, 5) is 35.5. The number of primary amides is 2. The Morgan fingerprint density at radius 2 is 2.00 bits per heavy atom. The van der Waals surface area contributed by atoms with Crippen molar-refractivity contribution in [2.45, 2.75) is 6.42 Å². The SMILES string of the molecule is NC(=O)c1cc(N2C[C@H](C(N)=O)CC2=O)ccc1Cl. The van der Waals surface area contributed by atoms with Gasteiger partial charge in [-0.05, 0) is 18.2 Å². The number of carbonyl (C=O) groups is 3. The molecule has 1 aliphatic rings. The fraction of sp³-hybridized carbons (Fsp3) is 0.250. The molecule has 100 valence electrons. The van der Waals surface area contributed by atoms with Gasteiger partial charge in [-0.2, -0.15) is 0 Å². The molecule has 1 aromatic carbocycles. The molecule has 0 aliphatic carbocycles. The number of halogens is 1. The number of hydrogen-bond donors (Lipinski definition) is 2. The topological polar surface area (TPSA) is 106 Å². The lowest BCUT2D eigenvalue weighted by molar-refractivity contribution is -0.123. The third kappa shape index (κ3) is 2.53. The van der Waals surface area contributed by atoms with Crippen LogP contribution in [0.5, 0.6) is 0 Å². The molecular weight excluding hydrogens is 270 g/mol. The first-order chi connectivity index (χ1) is 8.90. The summed E-state index contributed by atoms with van der Waals surface area (Å²) in [5, 5.41) is 0.217. The summed E-state index contributed by atoms with van der Waals surface area (Å²) in [6.07, 6.45) is 0.0733. The van der Waals surface area contributed by atoms with E-state index in [0.717, 1.165) is 0 Å². The summed E-state index contributed by atoms with van der Waals surface area (Å²) in [6, 6.07) is 4.52. The number of hydrogen-bond acceptors (Lipinski definition) is 3. The molecule has 0 bridgehead atoms. The van der Waals surface area contributed by atoms with Crippen molar-refractivity contribution in [2.24, 2.45) is 17.4 Å². The molecule has 1 heterocycles. The van der Waals surface area contributed by atoms with Gasteiger partial charge in [-0.15, -0.1) is 0 Å². The van der Waals surface area contributed by atoms with Crippen molar-refractivity contribution in [3.05, 3.63) is 28.8 Å². The summed E-state index contributed by atoms with van der Waals surface area (Å²) in [6.45, 7) is 0.202. The van der Waals surface area contributed by atoms with Crippen molar-refractivity contribution in [1.29, 1.82) is 0 Å². The van der Waals surface area contributed by atoms with Crippen LogP contribution in [0.4, 0.5) is 5.69 Å². The number of benzene rings is 1. The van der Waals surface area contributed by atoms with Crippen molar-refractivity contribution < 1.29 is 14.4 Å². The summed E-state index contributed by atoms with van der Waals surface area (Å²) in [5.41, 5.74) is 11.0. The van der Waals surface area contributed by atoms with Crippen molar-refractivity contribution >= 4 is 35.0 Å². The van der Waals surface area contributed by atoms with Gasteiger partial charge in [0.05, 0.1) is 16.5 Å². The number of amides is 3. The molecule has 1 atom stereocenters. The first kappa shape index (κ1) is 13.4. The van der Waals surface area contributed by atoms with Gasteiger partial charge in [-0.25, -0.2) is 0 Å². The van der Waals surface area contributed by atoms with E-state index in [0.29, 0.717) is 5.69 Å². The molecule has 1 aliphatic heterocycles. The highest BCUT2D eigenvalue weighted by molar-refractivity contribution is 6.34. The molecule has 6 nitrogen and oxygen atoms in total. The Balaban J connectivity index is 2.33. The minimum atomic E-state index is -0.676. The Kier molecular flexibility index (Phi) is 3.44. The van der Waals surface area contributed by atoms with Crippen molar-refractivity contribution in [2.75, 3.05) is 11.4 Å². The van der Waals surface area contributed by atoms with Crippen LogP contribution in [-0.4, -0.2) is 24.3 Å². The Morgan fingerprint density at radius 1 is 1.32 bits per heavy atom. The molecule has 0 spiro atoms. The monoisotopic (exact) mass is 281 g/mol. The van der Waals surface area contributed by atoms with Gasteiger partial charge in [0.15, 0.2) is 0 Å². The lowest BCUT2D eigenvalue weighted by Gasteiger charge is -2.17. The lowest BCUT2D eigenvalue weighted by atomic mass is 10.1. The minimum absolute atomic E-state index is 0.0733. The maximum absolute atomic E-state index is 11.8. The number of nitrogens with zero attached hydrogens (tertiary/aromatic N) is 1. The van der Waals surface area contributed by atoms with E-state index in [1.807, 2.05) is 0 Å². The largest absolute Gasteiger partial charge is 0.369 e. The van der Waals surface area contributed by atoms with E-state index >= 15 is 0 Å². The van der Waals surface area contributed by atoms with Crippen LogP contribution in [0.15, 0.2) is 18.2 Å². The second-order valence-corrected chi connectivity index (χ2v) is 4.74. The molecule has 1 saturated heterocycles. The number of rotatable bonds is 3. The predicted molar refractivity (Wildman–Crippen MR) is 69.6 cm³/mol. The molecule has 7 heteroatoms. The third-order valence-electron chi connectivity index (χ3n) is 3.05. The highest BCUT2D eigenvalue weighted by atomic mass is 35.5. The quantitative estimate of drug-likeness (QED) is 0.831. The molecule has 19 heavy (non-hydrogen) atoms. The summed E-state index contributed by atoms with van der Waals surface area (Å²) in [5.74, 6) is -1.92. The second kappa shape index (κ2) is 4.89. The zero-order valence-corrected chi connectivity index (χ0v) is 10.7. The van der Waals surface area contributed by atoms with Crippen molar-refractivity contribution in [1.82, 2.24) is 0 Å². The van der Waals surface area contributed by atoms with Gasteiger partial charge >= 0.3 is 0 Å². The fourth-order valence-electron chi connectivity index (χ4n) is 2.02. The second-order valence-electron chi connectivity index (χ2n) is 4.34. The van der Waals surface area contributed by atoms with Gasteiger partial charge in [0.2, 0.25) is 17.7 Å². The molecule has 0 unspecified atom stereocenters. The van der Waals surface area contributed by atoms with Crippen LogP contribution in [0, 0.1) is 5.92 Å². The number of nitrogens with two attached hydrogens (primary N) is 2. The lowest BCUT2D eigenvalue weighted by Crippen LogP contribution is -2.28. The van der Waals surface area contributed by atoms with Gasteiger partial charge < -0.3 is 16.4 Å². The highest BCUT2D eigenvalue weighted by Gasteiger charge is 2.34. The van der Waals surface area contributed by atoms with E-state index in [1.54, 1.807) is 6.07 Å². The zero-order chi connectivity index (χ0) is 14.2.